The van der Waals surface area contributed by atoms with Crippen LogP contribution in [0.15, 0.2) is 42.5 Å². The van der Waals surface area contributed by atoms with Crippen molar-refractivity contribution in [3.05, 3.63) is 63.9 Å². The molecule has 0 aliphatic heterocycles. The number of halogens is 1. The molecule has 1 aromatic heterocycles. The summed E-state index contributed by atoms with van der Waals surface area (Å²) in [6, 6.07) is 10.3. The van der Waals surface area contributed by atoms with Crippen LogP contribution in [0.4, 0.5) is 10.1 Å². The summed E-state index contributed by atoms with van der Waals surface area (Å²) in [6.45, 7) is 1.55. The topological polar surface area (TPSA) is 90.4 Å². The summed E-state index contributed by atoms with van der Waals surface area (Å²) >= 11 is 1.08. The molecule has 0 atom stereocenters. The number of nitrogens with zero attached hydrogens (tertiary/aromatic N) is 2. The van der Waals surface area contributed by atoms with E-state index < -0.39 is 5.91 Å². The van der Waals surface area contributed by atoms with Crippen LogP contribution in [0, 0.1) is 5.82 Å². The highest BCUT2D eigenvalue weighted by atomic mass is 32.1. The lowest BCUT2D eigenvalue weighted by Crippen LogP contribution is -2.11. The van der Waals surface area contributed by atoms with Crippen molar-refractivity contribution in [2.45, 2.75) is 13.5 Å². The average Bonchev–Trinajstić information content (AvgIpc) is 3.17. The third-order valence-corrected chi connectivity index (χ3v) is 4.58. The molecule has 2 aromatic carbocycles. The first kappa shape index (κ1) is 19.4. The van der Waals surface area contributed by atoms with Crippen LogP contribution in [0.3, 0.4) is 0 Å². The van der Waals surface area contributed by atoms with Crippen LogP contribution in [0.5, 0.6) is 11.5 Å². The van der Waals surface area contributed by atoms with Crippen molar-refractivity contribution in [1.29, 1.82) is 0 Å². The van der Waals surface area contributed by atoms with Crippen molar-refractivity contribution >= 4 is 28.7 Å². The Morgan fingerprint density at radius 2 is 1.86 bits per heavy atom. The van der Waals surface area contributed by atoms with Gasteiger partial charge in [-0.2, -0.15) is 0 Å². The minimum atomic E-state index is -0.446. The third-order valence-electron chi connectivity index (χ3n) is 3.68. The van der Waals surface area contributed by atoms with Gasteiger partial charge in [-0.05, 0) is 49.4 Å². The van der Waals surface area contributed by atoms with E-state index in [4.69, 9.17) is 9.47 Å². The number of anilines is 1. The van der Waals surface area contributed by atoms with E-state index in [1.165, 1.54) is 38.3 Å². The summed E-state index contributed by atoms with van der Waals surface area (Å²) in [4.78, 5) is 23.6. The van der Waals surface area contributed by atoms with Crippen molar-refractivity contribution in [2.24, 2.45) is 0 Å². The zero-order chi connectivity index (χ0) is 20.1. The minimum Gasteiger partial charge on any atom is -0.493 e. The molecule has 0 spiro atoms. The zero-order valence-electron chi connectivity index (χ0n) is 15.1. The molecule has 0 bridgehead atoms. The van der Waals surface area contributed by atoms with Crippen LogP contribution < -0.4 is 14.8 Å². The molecule has 3 aromatic rings. The lowest BCUT2D eigenvalue weighted by molar-refractivity contribution is 0.101. The summed E-state index contributed by atoms with van der Waals surface area (Å²) in [5, 5.41) is 11.0. The van der Waals surface area contributed by atoms with Gasteiger partial charge in [0.2, 0.25) is 5.01 Å². The molecule has 0 unspecified atom stereocenters. The number of hydrogen-bond acceptors (Lipinski definition) is 7. The SMILES string of the molecule is COc1cc(C(C)=O)ccc1OCc1nnc(C(=O)Nc2ccc(F)cc2)s1. The molecular weight excluding hydrogens is 385 g/mol. The Hall–Kier alpha value is -3.33. The molecule has 0 saturated carbocycles. The van der Waals surface area contributed by atoms with Crippen LogP contribution in [-0.4, -0.2) is 29.0 Å². The van der Waals surface area contributed by atoms with E-state index in [1.54, 1.807) is 18.2 Å². The van der Waals surface area contributed by atoms with E-state index in [9.17, 15) is 14.0 Å². The van der Waals surface area contributed by atoms with E-state index in [-0.39, 0.29) is 23.2 Å². The van der Waals surface area contributed by atoms with E-state index in [2.05, 4.69) is 15.5 Å². The van der Waals surface area contributed by atoms with Crippen molar-refractivity contribution in [3.8, 4) is 11.5 Å². The summed E-state index contributed by atoms with van der Waals surface area (Å²) in [5.41, 5.74) is 0.967. The molecule has 1 amide bonds. The quantitative estimate of drug-likeness (QED) is 0.607. The summed E-state index contributed by atoms with van der Waals surface area (Å²) in [5.74, 6) is -0.0452. The molecule has 9 heteroatoms. The predicted molar refractivity (Wildman–Crippen MR) is 102 cm³/mol. The Bertz CT molecular complexity index is 1000. The highest BCUT2D eigenvalue weighted by molar-refractivity contribution is 7.13. The number of benzene rings is 2. The molecular formula is C19H16FN3O4S. The number of nitrogens with one attached hydrogen (secondary N) is 1. The monoisotopic (exact) mass is 401 g/mol. The Labute approximate surface area is 164 Å². The Balaban J connectivity index is 1.64. The van der Waals surface area contributed by atoms with Gasteiger partial charge in [0.25, 0.3) is 5.91 Å². The van der Waals surface area contributed by atoms with Crippen molar-refractivity contribution in [1.82, 2.24) is 10.2 Å². The number of ketones is 1. The van der Waals surface area contributed by atoms with Crippen LogP contribution in [0.25, 0.3) is 0 Å². The normalized spacial score (nSPS) is 10.4. The third kappa shape index (κ3) is 4.68. The zero-order valence-corrected chi connectivity index (χ0v) is 15.9. The van der Waals surface area contributed by atoms with Gasteiger partial charge < -0.3 is 14.8 Å². The van der Waals surface area contributed by atoms with Gasteiger partial charge in [0.1, 0.15) is 12.4 Å². The number of hydrogen-bond donors (Lipinski definition) is 1. The fourth-order valence-electron chi connectivity index (χ4n) is 2.27. The number of Topliss-reactive ketones (excluding diaryl/α,β-unsaturated/α-hetero) is 1. The van der Waals surface area contributed by atoms with Gasteiger partial charge in [0, 0.05) is 11.3 Å². The molecule has 7 nitrogen and oxygen atoms in total. The number of ether oxygens (including phenoxy) is 2. The van der Waals surface area contributed by atoms with Crippen molar-refractivity contribution < 1.29 is 23.5 Å². The van der Waals surface area contributed by atoms with Crippen LogP contribution in [-0.2, 0) is 6.61 Å². The van der Waals surface area contributed by atoms with E-state index in [0.29, 0.717) is 27.8 Å². The highest BCUT2D eigenvalue weighted by Gasteiger charge is 2.15. The van der Waals surface area contributed by atoms with Crippen molar-refractivity contribution in [3.63, 3.8) is 0 Å². The molecule has 0 aliphatic rings. The fourth-order valence-corrected chi connectivity index (χ4v) is 2.91. The van der Waals surface area contributed by atoms with E-state index >= 15 is 0 Å². The van der Waals surface area contributed by atoms with Gasteiger partial charge in [-0.25, -0.2) is 4.39 Å². The molecule has 0 aliphatic carbocycles. The van der Waals surface area contributed by atoms with E-state index in [1.807, 2.05) is 0 Å². The standard InChI is InChI=1S/C19H16FN3O4S/c1-11(24)12-3-8-15(16(9-12)26-2)27-10-17-22-23-19(28-17)18(25)21-14-6-4-13(20)5-7-14/h3-9H,10H2,1-2H3,(H,21,25). The summed E-state index contributed by atoms with van der Waals surface area (Å²) in [6.07, 6.45) is 0. The average molecular weight is 401 g/mol. The first-order chi connectivity index (χ1) is 13.5. The molecule has 3 rings (SSSR count). The number of aromatic nitrogens is 2. The highest BCUT2D eigenvalue weighted by Crippen LogP contribution is 2.29. The first-order valence-corrected chi connectivity index (χ1v) is 8.99. The second kappa shape index (κ2) is 8.57. The number of methoxy groups -OCH3 is 1. The maximum Gasteiger partial charge on any atom is 0.286 e. The van der Waals surface area contributed by atoms with Crippen LogP contribution in [0.2, 0.25) is 0 Å². The number of amides is 1. The molecule has 0 saturated heterocycles. The number of rotatable bonds is 7. The molecule has 0 radical (unpaired) electrons. The molecule has 0 fully saturated rings. The minimum absolute atomic E-state index is 0.0780. The summed E-state index contributed by atoms with van der Waals surface area (Å²) in [7, 11) is 1.48. The van der Waals surface area contributed by atoms with Gasteiger partial charge in [-0.3, -0.25) is 9.59 Å². The van der Waals surface area contributed by atoms with E-state index in [0.717, 1.165) is 11.3 Å². The Morgan fingerprint density at radius 3 is 2.54 bits per heavy atom. The predicted octanol–water partition coefficient (Wildman–Crippen LogP) is 3.72. The molecule has 1 N–H and O–H groups in total. The lowest BCUT2D eigenvalue weighted by Gasteiger charge is -2.10. The number of carbonyl (C=O) groups is 2. The van der Waals surface area contributed by atoms with Gasteiger partial charge in [-0.1, -0.05) is 11.3 Å². The van der Waals surface area contributed by atoms with Gasteiger partial charge in [0.15, 0.2) is 22.3 Å². The molecule has 144 valence electrons. The summed E-state index contributed by atoms with van der Waals surface area (Å²) < 4.78 is 23.8. The largest absolute Gasteiger partial charge is 0.493 e. The van der Waals surface area contributed by atoms with Gasteiger partial charge in [0.05, 0.1) is 7.11 Å². The maximum atomic E-state index is 12.9. The second-order valence-corrected chi connectivity index (χ2v) is 6.73. The van der Waals surface area contributed by atoms with Crippen LogP contribution >= 0.6 is 11.3 Å². The second-order valence-electron chi connectivity index (χ2n) is 5.67. The van der Waals surface area contributed by atoms with Gasteiger partial charge >= 0.3 is 0 Å². The lowest BCUT2D eigenvalue weighted by atomic mass is 10.1. The molecule has 28 heavy (non-hydrogen) atoms. The number of carbonyl (C=O) groups excluding carboxylic acids is 2. The Kier molecular flexibility index (Phi) is 5.95. The smallest absolute Gasteiger partial charge is 0.286 e. The van der Waals surface area contributed by atoms with Gasteiger partial charge in [-0.15, -0.1) is 10.2 Å². The van der Waals surface area contributed by atoms with Crippen LogP contribution in [0.1, 0.15) is 32.1 Å². The first-order valence-electron chi connectivity index (χ1n) is 8.17. The molecule has 1 heterocycles. The van der Waals surface area contributed by atoms with Crippen molar-refractivity contribution in [2.75, 3.05) is 12.4 Å². The maximum absolute atomic E-state index is 12.9. The Morgan fingerprint density at radius 1 is 1.11 bits per heavy atom. The fraction of sp³-hybridized carbons (Fsp3) is 0.158.